The molecule has 3 rings (SSSR count). The Morgan fingerprint density at radius 1 is 0.870 bits per heavy atom. The van der Waals surface area contributed by atoms with Crippen LogP contribution in [0.2, 0.25) is 0 Å². The highest BCUT2D eigenvalue weighted by Crippen LogP contribution is 2.36. The minimum Gasteiger partial charge on any atom is -0.398 e. The summed E-state index contributed by atoms with van der Waals surface area (Å²) in [6.07, 6.45) is 2.95. The van der Waals surface area contributed by atoms with E-state index in [1.54, 1.807) is 0 Å². The minimum absolute atomic E-state index is 0.329. The molecule has 0 atom stereocenters. The second kappa shape index (κ2) is 5.35. The van der Waals surface area contributed by atoms with Gasteiger partial charge in [0.15, 0.2) is 0 Å². The number of hydrogen-bond donors (Lipinski definition) is 0. The maximum atomic E-state index is 13.3. The highest BCUT2D eigenvalue weighted by molar-refractivity contribution is 6.61. The maximum Gasteiger partial charge on any atom is 0.516 e. The van der Waals surface area contributed by atoms with Crippen LogP contribution >= 0.6 is 0 Å². The molecule has 1 aliphatic rings. The van der Waals surface area contributed by atoms with Gasteiger partial charge >= 0.3 is 7.12 Å². The van der Waals surface area contributed by atoms with E-state index < -0.39 is 30.0 Å². The van der Waals surface area contributed by atoms with Crippen LogP contribution in [-0.4, -0.2) is 28.3 Å². The molecule has 0 spiro atoms. The van der Waals surface area contributed by atoms with Gasteiger partial charge in [-0.15, -0.1) is 0 Å². The third-order valence-corrected chi connectivity index (χ3v) is 4.32. The Balaban J connectivity index is 1.86. The lowest BCUT2D eigenvalue weighted by atomic mass is 9.85. The second-order valence-electron chi connectivity index (χ2n) is 6.57. The predicted octanol–water partition coefficient (Wildman–Crippen LogP) is 2.72. The number of halogens is 2. The predicted molar refractivity (Wildman–Crippen MR) is 83.1 cm³/mol. The minimum atomic E-state index is -0.656. The van der Waals surface area contributed by atoms with Crippen LogP contribution in [0.5, 0.6) is 0 Å². The molecule has 0 N–H and O–H groups in total. The average Bonchev–Trinajstić information content (AvgIpc) is 2.66. The first-order valence-corrected chi connectivity index (χ1v) is 7.32. The SMILES string of the molecule is CC1(C)OB(c2cnc(-c3cc(F)cc(F)c3)cn2)OC1(C)C. The smallest absolute Gasteiger partial charge is 0.398 e. The van der Waals surface area contributed by atoms with Crippen molar-refractivity contribution in [2.24, 2.45) is 0 Å². The van der Waals surface area contributed by atoms with Gasteiger partial charge in [0.25, 0.3) is 0 Å². The second-order valence-corrected chi connectivity index (χ2v) is 6.57. The van der Waals surface area contributed by atoms with Crippen molar-refractivity contribution in [3.63, 3.8) is 0 Å². The zero-order valence-electron chi connectivity index (χ0n) is 13.4. The summed E-state index contributed by atoms with van der Waals surface area (Å²) < 4.78 is 38.3. The molecule has 4 nitrogen and oxygen atoms in total. The van der Waals surface area contributed by atoms with Crippen molar-refractivity contribution in [1.82, 2.24) is 9.97 Å². The molecule has 0 amide bonds. The standard InChI is InChI=1S/C16H17BF2N2O2/c1-15(2)16(3,4)23-17(22-15)14-9-20-13(8-21-14)10-5-11(18)7-12(19)6-10/h5-9H,1-4H3. The van der Waals surface area contributed by atoms with E-state index in [0.717, 1.165) is 6.07 Å². The summed E-state index contributed by atoms with van der Waals surface area (Å²) in [7, 11) is -0.620. The van der Waals surface area contributed by atoms with Gasteiger partial charge in [-0.2, -0.15) is 0 Å². The fraction of sp³-hybridized carbons (Fsp3) is 0.375. The molecule has 0 saturated carbocycles. The fourth-order valence-corrected chi connectivity index (χ4v) is 2.27. The lowest BCUT2D eigenvalue weighted by Crippen LogP contribution is -2.41. The maximum absolute atomic E-state index is 13.3. The van der Waals surface area contributed by atoms with Gasteiger partial charge in [-0.25, -0.2) is 8.78 Å². The summed E-state index contributed by atoms with van der Waals surface area (Å²) in [4.78, 5) is 8.49. The van der Waals surface area contributed by atoms with Crippen molar-refractivity contribution in [3.8, 4) is 11.3 Å². The lowest BCUT2D eigenvalue weighted by molar-refractivity contribution is 0.00578. The van der Waals surface area contributed by atoms with Crippen molar-refractivity contribution < 1.29 is 18.1 Å². The molecule has 120 valence electrons. The first-order valence-electron chi connectivity index (χ1n) is 7.32. The van der Waals surface area contributed by atoms with Crippen molar-refractivity contribution in [3.05, 3.63) is 42.2 Å². The van der Waals surface area contributed by atoms with Gasteiger partial charge in [0.2, 0.25) is 0 Å². The highest BCUT2D eigenvalue weighted by Gasteiger charge is 2.52. The molecule has 1 aromatic heterocycles. The van der Waals surface area contributed by atoms with Crippen LogP contribution in [0.1, 0.15) is 27.7 Å². The third-order valence-electron chi connectivity index (χ3n) is 4.32. The number of benzene rings is 1. The Labute approximate surface area is 134 Å². The van der Waals surface area contributed by atoms with Crippen molar-refractivity contribution in [2.45, 2.75) is 38.9 Å². The van der Waals surface area contributed by atoms with Crippen molar-refractivity contribution >= 4 is 12.7 Å². The Hall–Kier alpha value is -1.86. The van der Waals surface area contributed by atoms with Gasteiger partial charge in [0, 0.05) is 17.8 Å². The largest absolute Gasteiger partial charge is 0.516 e. The summed E-state index contributed by atoms with van der Waals surface area (Å²) in [5.74, 6) is -1.31. The van der Waals surface area contributed by atoms with Crippen LogP contribution in [0, 0.1) is 11.6 Å². The van der Waals surface area contributed by atoms with E-state index in [1.165, 1.54) is 24.5 Å². The molecule has 1 fully saturated rings. The summed E-state index contributed by atoms with van der Waals surface area (Å²) in [6.45, 7) is 7.79. The van der Waals surface area contributed by atoms with Crippen molar-refractivity contribution in [1.29, 1.82) is 0 Å². The van der Waals surface area contributed by atoms with Gasteiger partial charge in [0.1, 0.15) is 11.6 Å². The number of rotatable bonds is 2. The monoisotopic (exact) mass is 318 g/mol. The third kappa shape index (κ3) is 2.98. The Morgan fingerprint density at radius 3 is 1.91 bits per heavy atom. The van der Waals surface area contributed by atoms with Crippen LogP contribution in [0.3, 0.4) is 0 Å². The van der Waals surface area contributed by atoms with Gasteiger partial charge in [0.05, 0.1) is 28.7 Å². The Morgan fingerprint density at radius 2 is 1.43 bits per heavy atom. The van der Waals surface area contributed by atoms with Crippen molar-refractivity contribution in [2.75, 3.05) is 0 Å². The molecule has 0 radical (unpaired) electrons. The first-order chi connectivity index (χ1) is 10.7. The van der Waals surface area contributed by atoms with Crippen LogP contribution in [-0.2, 0) is 9.31 Å². The zero-order chi connectivity index (χ0) is 16.8. The van der Waals surface area contributed by atoms with Crippen LogP contribution in [0.4, 0.5) is 8.78 Å². The summed E-state index contributed by atoms with van der Waals surface area (Å²) in [5.41, 5.74) is 0.288. The number of nitrogens with zero attached hydrogens (tertiary/aromatic N) is 2. The normalized spacial score (nSPS) is 19.1. The molecule has 0 aliphatic carbocycles. The van der Waals surface area contributed by atoms with Crippen LogP contribution < -0.4 is 5.59 Å². The molecule has 2 heterocycles. The molecule has 0 bridgehead atoms. The molecule has 0 unspecified atom stereocenters. The molecular weight excluding hydrogens is 301 g/mol. The molecule has 23 heavy (non-hydrogen) atoms. The quantitative estimate of drug-likeness (QED) is 0.799. The van der Waals surface area contributed by atoms with E-state index in [4.69, 9.17) is 9.31 Å². The topological polar surface area (TPSA) is 44.2 Å². The zero-order valence-corrected chi connectivity index (χ0v) is 13.4. The Bertz CT molecular complexity index is 699. The molecule has 1 saturated heterocycles. The van der Waals surface area contributed by atoms with E-state index in [2.05, 4.69) is 9.97 Å². The van der Waals surface area contributed by atoms with Gasteiger partial charge in [-0.3, -0.25) is 9.97 Å². The fourth-order valence-electron chi connectivity index (χ4n) is 2.27. The average molecular weight is 318 g/mol. The number of aromatic nitrogens is 2. The summed E-state index contributed by atoms with van der Waals surface area (Å²) >= 11 is 0. The molecule has 1 aromatic carbocycles. The van der Waals surface area contributed by atoms with E-state index >= 15 is 0 Å². The summed E-state index contributed by atoms with van der Waals surface area (Å²) in [5, 5.41) is 0. The Kier molecular flexibility index (Phi) is 3.73. The van der Waals surface area contributed by atoms with Gasteiger partial charge in [-0.05, 0) is 39.8 Å². The van der Waals surface area contributed by atoms with E-state index in [-0.39, 0.29) is 0 Å². The van der Waals surface area contributed by atoms with E-state index in [1.807, 2.05) is 27.7 Å². The van der Waals surface area contributed by atoms with Crippen LogP contribution in [0.25, 0.3) is 11.3 Å². The summed E-state index contributed by atoms with van der Waals surface area (Å²) in [6, 6.07) is 3.23. The van der Waals surface area contributed by atoms with Gasteiger partial charge < -0.3 is 9.31 Å². The molecule has 1 aliphatic heterocycles. The molecule has 2 aromatic rings. The lowest BCUT2D eigenvalue weighted by Gasteiger charge is -2.32. The van der Waals surface area contributed by atoms with Gasteiger partial charge in [-0.1, -0.05) is 0 Å². The molecule has 7 heteroatoms. The molecular formula is C16H17BF2N2O2. The first kappa shape index (κ1) is 16.0. The van der Waals surface area contributed by atoms with E-state index in [0.29, 0.717) is 16.9 Å². The van der Waals surface area contributed by atoms with Crippen LogP contribution in [0.15, 0.2) is 30.6 Å². The number of hydrogen-bond acceptors (Lipinski definition) is 4. The highest BCUT2D eigenvalue weighted by atomic mass is 19.1. The van der Waals surface area contributed by atoms with E-state index in [9.17, 15) is 8.78 Å².